The van der Waals surface area contributed by atoms with Crippen LogP contribution >= 0.6 is 23.2 Å². The lowest BCUT2D eigenvalue weighted by atomic mass is 10.1. The molecule has 0 bridgehead atoms. The molecular formula is C25H26Cl2N4O5. The van der Waals surface area contributed by atoms with E-state index in [1.807, 2.05) is 0 Å². The number of ether oxygens (including phenoxy) is 3. The summed E-state index contributed by atoms with van der Waals surface area (Å²) in [5.41, 5.74) is 1.28. The first kappa shape index (κ1) is 25.8. The molecule has 11 heteroatoms. The van der Waals surface area contributed by atoms with Crippen LogP contribution in [0.4, 0.5) is 10.5 Å². The van der Waals surface area contributed by atoms with Gasteiger partial charge >= 0.3 is 6.03 Å². The van der Waals surface area contributed by atoms with Crippen molar-refractivity contribution in [1.29, 1.82) is 0 Å². The average Bonchev–Trinajstić information content (AvgIpc) is 3.43. The number of carbonyl (C=O) groups is 2. The molecule has 1 saturated heterocycles. The number of rotatable bonds is 8. The summed E-state index contributed by atoms with van der Waals surface area (Å²) in [6.45, 7) is 2.07. The van der Waals surface area contributed by atoms with Crippen molar-refractivity contribution in [3.05, 3.63) is 52.1 Å². The minimum Gasteiger partial charge on any atom is -0.490 e. The van der Waals surface area contributed by atoms with E-state index in [2.05, 4.69) is 15.6 Å². The van der Waals surface area contributed by atoms with Crippen LogP contribution in [0.2, 0.25) is 10.0 Å². The molecule has 1 fully saturated rings. The Balaban J connectivity index is 1.63. The normalized spacial score (nSPS) is 13.1. The Morgan fingerprint density at radius 1 is 1.03 bits per heavy atom. The van der Waals surface area contributed by atoms with E-state index >= 15 is 0 Å². The van der Waals surface area contributed by atoms with Gasteiger partial charge in [-0.15, -0.1) is 0 Å². The molecule has 2 N–H and O–H groups in total. The molecule has 0 aliphatic carbocycles. The summed E-state index contributed by atoms with van der Waals surface area (Å²) >= 11 is 13.0. The smallest absolute Gasteiger partial charge is 0.321 e. The topological polar surface area (TPSA) is 102 Å². The third-order valence-electron chi connectivity index (χ3n) is 5.72. The van der Waals surface area contributed by atoms with Gasteiger partial charge in [-0.1, -0.05) is 23.2 Å². The number of halogens is 2. The second kappa shape index (κ2) is 11.6. The van der Waals surface area contributed by atoms with E-state index in [4.69, 9.17) is 37.4 Å². The Morgan fingerprint density at radius 3 is 2.53 bits per heavy atom. The standard InChI is InChI=1S/C25H26Cl2N4O5/c1-28-24(32)16-13-15-18(14-21(16)35-12-11-34-2)29-8-7-19(15)36-20-6-5-17(22(26)23(20)27)30-25(33)31-9-3-4-10-31/h5-8,13-14H,3-4,9-12H2,1-2H3,(H,28,32)(H,30,33). The molecular weight excluding hydrogens is 507 g/mol. The fourth-order valence-corrected chi connectivity index (χ4v) is 4.25. The van der Waals surface area contributed by atoms with E-state index in [-0.39, 0.29) is 34.3 Å². The third kappa shape index (κ3) is 5.59. The number of carbonyl (C=O) groups excluding carboxylic acids is 2. The highest BCUT2D eigenvalue weighted by molar-refractivity contribution is 6.44. The first-order chi connectivity index (χ1) is 17.4. The van der Waals surface area contributed by atoms with E-state index in [0.717, 1.165) is 12.8 Å². The highest BCUT2D eigenvalue weighted by Crippen LogP contribution is 2.41. The number of benzene rings is 2. The Hall–Kier alpha value is -3.27. The number of nitrogens with one attached hydrogen (secondary N) is 2. The number of methoxy groups -OCH3 is 1. The second-order valence-corrected chi connectivity index (χ2v) is 8.82. The summed E-state index contributed by atoms with van der Waals surface area (Å²) < 4.78 is 16.9. The Morgan fingerprint density at radius 2 is 1.81 bits per heavy atom. The summed E-state index contributed by atoms with van der Waals surface area (Å²) in [7, 11) is 3.11. The summed E-state index contributed by atoms with van der Waals surface area (Å²) in [5.74, 6) is 0.761. The Bertz CT molecular complexity index is 1280. The van der Waals surface area contributed by atoms with Gasteiger partial charge in [0.25, 0.3) is 5.91 Å². The lowest BCUT2D eigenvalue weighted by Crippen LogP contribution is -2.32. The fourth-order valence-electron chi connectivity index (χ4n) is 3.84. The highest BCUT2D eigenvalue weighted by atomic mass is 35.5. The molecule has 0 saturated carbocycles. The minimum absolute atomic E-state index is 0.145. The predicted molar refractivity (Wildman–Crippen MR) is 139 cm³/mol. The van der Waals surface area contributed by atoms with Crippen molar-refractivity contribution in [2.45, 2.75) is 12.8 Å². The molecule has 4 rings (SSSR count). The van der Waals surface area contributed by atoms with E-state index in [1.54, 1.807) is 48.5 Å². The van der Waals surface area contributed by atoms with Crippen LogP contribution in [0.1, 0.15) is 23.2 Å². The van der Waals surface area contributed by atoms with Crippen LogP contribution in [0.3, 0.4) is 0 Å². The number of aromatic nitrogens is 1. The van der Waals surface area contributed by atoms with E-state index in [0.29, 0.717) is 53.3 Å². The van der Waals surface area contributed by atoms with Crippen LogP contribution in [-0.4, -0.2) is 62.3 Å². The van der Waals surface area contributed by atoms with Crippen molar-refractivity contribution >= 4 is 51.7 Å². The van der Waals surface area contributed by atoms with Gasteiger partial charge in [-0.25, -0.2) is 4.79 Å². The molecule has 3 amide bonds. The monoisotopic (exact) mass is 532 g/mol. The largest absolute Gasteiger partial charge is 0.490 e. The number of likely N-dealkylation sites (tertiary alicyclic amines) is 1. The molecule has 0 atom stereocenters. The molecule has 1 aromatic heterocycles. The van der Waals surface area contributed by atoms with Crippen LogP contribution in [-0.2, 0) is 4.74 Å². The molecule has 0 spiro atoms. The summed E-state index contributed by atoms with van der Waals surface area (Å²) in [6, 6.07) is 8.03. The number of amides is 3. The maximum atomic E-state index is 12.5. The van der Waals surface area contributed by atoms with Crippen molar-refractivity contribution in [1.82, 2.24) is 15.2 Å². The van der Waals surface area contributed by atoms with Crippen LogP contribution < -0.4 is 20.1 Å². The highest BCUT2D eigenvalue weighted by Gasteiger charge is 2.21. The quantitative estimate of drug-likeness (QED) is 0.379. The summed E-state index contributed by atoms with van der Waals surface area (Å²) in [4.78, 5) is 31.1. The summed E-state index contributed by atoms with van der Waals surface area (Å²) in [6.07, 6.45) is 3.55. The second-order valence-electron chi connectivity index (χ2n) is 8.06. The zero-order chi connectivity index (χ0) is 25.7. The fraction of sp³-hybridized carbons (Fsp3) is 0.320. The average molecular weight is 533 g/mol. The number of fused-ring (bicyclic) bond motifs is 1. The van der Waals surface area contributed by atoms with Crippen molar-refractivity contribution in [2.24, 2.45) is 0 Å². The molecule has 9 nitrogen and oxygen atoms in total. The van der Waals surface area contributed by atoms with Crippen molar-refractivity contribution in [2.75, 3.05) is 45.8 Å². The number of anilines is 1. The van der Waals surface area contributed by atoms with Crippen molar-refractivity contribution < 1.29 is 23.8 Å². The Labute approximate surface area is 218 Å². The van der Waals surface area contributed by atoms with Gasteiger partial charge in [0.2, 0.25) is 0 Å². The molecule has 2 heterocycles. The first-order valence-electron chi connectivity index (χ1n) is 11.4. The van der Waals surface area contributed by atoms with E-state index in [1.165, 1.54) is 7.05 Å². The molecule has 36 heavy (non-hydrogen) atoms. The molecule has 3 aromatic rings. The van der Waals surface area contributed by atoms with Gasteiger partial charge in [0.05, 0.1) is 28.4 Å². The zero-order valence-corrected chi connectivity index (χ0v) is 21.4. The zero-order valence-electron chi connectivity index (χ0n) is 19.9. The molecule has 190 valence electrons. The lowest BCUT2D eigenvalue weighted by Gasteiger charge is -2.18. The molecule has 1 aliphatic rings. The predicted octanol–water partition coefficient (Wildman–Crippen LogP) is 5.35. The van der Waals surface area contributed by atoms with Crippen LogP contribution in [0, 0.1) is 0 Å². The maximum absolute atomic E-state index is 12.5. The molecule has 0 unspecified atom stereocenters. The molecule has 0 radical (unpaired) electrons. The summed E-state index contributed by atoms with van der Waals surface area (Å²) in [5, 5.41) is 6.31. The first-order valence-corrected chi connectivity index (χ1v) is 12.2. The van der Waals surface area contributed by atoms with Crippen molar-refractivity contribution in [3.63, 3.8) is 0 Å². The van der Waals surface area contributed by atoms with Gasteiger partial charge in [-0.2, -0.15) is 0 Å². The third-order valence-corrected chi connectivity index (χ3v) is 6.59. The number of nitrogens with zero attached hydrogens (tertiary/aromatic N) is 2. The Kier molecular flexibility index (Phi) is 8.35. The SMILES string of the molecule is CNC(=O)c1cc2c(Oc3ccc(NC(=O)N4CCCC4)c(Cl)c3Cl)ccnc2cc1OCCOC. The van der Waals surface area contributed by atoms with Crippen molar-refractivity contribution in [3.8, 4) is 17.2 Å². The van der Waals surface area contributed by atoms with Gasteiger partial charge < -0.3 is 29.7 Å². The number of hydrogen-bond acceptors (Lipinski definition) is 6. The van der Waals surface area contributed by atoms with Crippen LogP contribution in [0.15, 0.2) is 36.5 Å². The van der Waals surface area contributed by atoms with Gasteiger partial charge in [0.1, 0.15) is 28.9 Å². The lowest BCUT2D eigenvalue weighted by molar-refractivity contribution is 0.0955. The molecule has 1 aliphatic heterocycles. The maximum Gasteiger partial charge on any atom is 0.321 e. The molecule has 2 aromatic carbocycles. The number of pyridine rings is 1. The van der Waals surface area contributed by atoms with Crippen LogP contribution in [0.25, 0.3) is 10.9 Å². The van der Waals surface area contributed by atoms with E-state index < -0.39 is 0 Å². The van der Waals surface area contributed by atoms with Crippen LogP contribution in [0.5, 0.6) is 17.2 Å². The number of urea groups is 1. The van der Waals surface area contributed by atoms with E-state index in [9.17, 15) is 9.59 Å². The van der Waals surface area contributed by atoms with Gasteiger partial charge in [0.15, 0.2) is 0 Å². The minimum atomic E-state index is -0.321. The van der Waals surface area contributed by atoms with Gasteiger partial charge in [0, 0.05) is 44.9 Å². The number of hydrogen-bond donors (Lipinski definition) is 2. The van der Waals surface area contributed by atoms with Gasteiger partial charge in [-0.3, -0.25) is 9.78 Å². The van der Waals surface area contributed by atoms with Gasteiger partial charge in [-0.05, 0) is 37.1 Å².